The molecule has 1 aromatic heterocycles. The molecule has 2 aromatic rings. The van der Waals surface area contributed by atoms with Crippen LogP contribution in [0.25, 0.3) is 5.69 Å². The van der Waals surface area contributed by atoms with Crippen LogP contribution in [-0.4, -0.2) is 33.7 Å². The lowest BCUT2D eigenvalue weighted by atomic mass is 10.2. The molecule has 0 atom stereocenters. The van der Waals surface area contributed by atoms with E-state index >= 15 is 0 Å². The summed E-state index contributed by atoms with van der Waals surface area (Å²) in [7, 11) is 1.18. The van der Waals surface area contributed by atoms with Crippen LogP contribution < -0.4 is 4.74 Å². The van der Waals surface area contributed by atoms with E-state index in [2.05, 4.69) is 9.72 Å². The molecule has 1 aromatic carbocycles. The number of carbonyl (C=O) groups excluding carboxylic acids is 1. The first-order chi connectivity index (χ1) is 10.0. The van der Waals surface area contributed by atoms with Crippen LogP contribution in [-0.2, 0) is 11.3 Å². The highest BCUT2D eigenvalue weighted by atomic mass is 16.5. The lowest BCUT2D eigenvalue weighted by Crippen LogP contribution is -2.18. The Bertz CT molecular complexity index is 763. The molecule has 2 heterocycles. The standard InChI is InChI=1S/C14H12N2O5/c1-7-3-4-9-8(5-7)16-10(6-21-9)15-11(14(19)20-2)12(16)13(17)18/h3-5H,6H2,1-2H3,(H,17,18). The van der Waals surface area contributed by atoms with Crippen molar-refractivity contribution in [3.8, 4) is 11.4 Å². The van der Waals surface area contributed by atoms with Gasteiger partial charge in [-0.1, -0.05) is 6.07 Å². The molecule has 0 unspecified atom stereocenters. The smallest absolute Gasteiger partial charge is 0.359 e. The third-order valence-electron chi connectivity index (χ3n) is 3.24. The van der Waals surface area contributed by atoms with Crippen LogP contribution in [0.15, 0.2) is 18.2 Å². The molecular weight excluding hydrogens is 276 g/mol. The van der Waals surface area contributed by atoms with E-state index in [1.165, 1.54) is 11.7 Å². The van der Waals surface area contributed by atoms with Crippen LogP contribution in [0, 0.1) is 6.92 Å². The van der Waals surface area contributed by atoms with Crippen LogP contribution in [0.2, 0.25) is 0 Å². The van der Waals surface area contributed by atoms with Gasteiger partial charge in [-0.3, -0.25) is 4.57 Å². The van der Waals surface area contributed by atoms with Gasteiger partial charge in [0.25, 0.3) is 0 Å². The average Bonchev–Trinajstić information content (AvgIpc) is 2.86. The molecule has 0 saturated heterocycles. The van der Waals surface area contributed by atoms with Gasteiger partial charge in [-0.25, -0.2) is 14.6 Å². The molecule has 0 aliphatic carbocycles. The van der Waals surface area contributed by atoms with Gasteiger partial charge in [-0.15, -0.1) is 0 Å². The number of ether oxygens (including phenoxy) is 2. The van der Waals surface area contributed by atoms with E-state index in [0.29, 0.717) is 17.3 Å². The van der Waals surface area contributed by atoms with Crippen molar-refractivity contribution in [1.82, 2.24) is 9.55 Å². The quantitative estimate of drug-likeness (QED) is 0.843. The van der Waals surface area contributed by atoms with Crippen LogP contribution in [0.1, 0.15) is 32.4 Å². The lowest BCUT2D eigenvalue weighted by molar-refractivity contribution is 0.0575. The van der Waals surface area contributed by atoms with Gasteiger partial charge in [0.05, 0.1) is 12.8 Å². The number of hydrogen-bond acceptors (Lipinski definition) is 5. The van der Waals surface area contributed by atoms with Crippen LogP contribution >= 0.6 is 0 Å². The number of carboxylic acid groups (broad SMARTS) is 1. The predicted octanol–water partition coefficient (Wildman–Crippen LogP) is 1.56. The largest absolute Gasteiger partial charge is 0.483 e. The van der Waals surface area contributed by atoms with E-state index in [-0.39, 0.29) is 18.0 Å². The van der Waals surface area contributed by atoms with Crippen molar-refractivity contribution in [1.29, 1.82) is 0 Å². The molecule has 108 valence electrons. The van der Waals surface area contributed by atoms with E-state index in [0.717, 1.165) is 5.56 Å². The summed E-state index contributed by atoms with van der Waals surface area (Å²) >= 11 is 0. The highest BCUT2D eigenvalue weighted by Gasteiger charge is 2.32. The molecule has 21 heavy (non-hydrogen) atoms. The van der Waals surface area contributed by atoms with Crippen molar-refractivity contribution in [3.05, 3.63) is 41.0 Å². The Labute approximate surface area is 119 Å². The van der Waals surface area contributed by atoms with Gasteiger partial charge in [0.1, 0.15) is 12.4 Å². The zero-order valence-corrected chi connectivity index (χ0v) is 11.4. The van der Waals surface area contributed by atoms with Gasteiger partial charge in [0.15, 0.2) is 17.2 Å². The maximum Gasteiger partial charge on any atom is 0.359 e. The minimum absolute atomic E-state index is 0.0906. The number of imidazole rings is 1. The molecule has 1 N–H and O–H groups in total. The number of carbonyl (C=O) groups is 2. The Hall–Kier alpha value is -2.83. The van der Waals surface area contributed by atoms with Crippen LogP contribution in [0.4, 0.5) is 0 Å². The Morgan fingerprint density at radius 1 is 1.43 bits per heavy atom. The number of benzene rings is 1. The third-order valence-corrected chi connectivity index (χ3v) is 3.24. The molecule has 0 fully saturated rings. The molecule has 0 saturated carbocycles. The van der Waals surface area contributed by atoms with Crippen molar-refractivity contribution in [2.24, 2.45) is 0 Å². The van der Waals surface area contributed by atoms with E-state index < -0.39 is 11.9 Å². The van der Waals surface area contributed by atoms with Crippen molar-refractivity contribution in [2.75, 3.05) is 7.11 Å². The van der Waals surface area contributed by atoms with E-state index in [1.807, 2.05) is 13.0 Å². The molecular formula is C14H12N2O5. The Kier molecular flexibility index (Phi) is 2.90. The molecule has 7 heteroatoms. The molecule has 3 rings (SSSR count). The molecule has 1 aliphatic heterocycles. The monoisotopic (exact) mass is 288 g/mol. The van der Waals surface area contributed by atoms with Gasteiger partial charge in [-0.2, -0.15) is 0 Å². The number of aromatic nitrogens is 2. The summed E-state index contributed by atoms with van der Waals surface area (Å²) in [5, 5.41) is 9.44. The second-order valence-corrected chi connectivity index (χ2v) is 4.62. The topological polar surface area (TPSA) is 90.7 Å². The zero-order chi connectivity index (χ0) is 15.1. The van der Waals surface area contributed by atoms with Gasteiger partial charge in [0.2, 0.25) is 0 Å². The Morgan fingerprint density at radius 3 is 2.86 bits per heavy atom. The number of rotatable bonds is 2. The molecule has 0 bridgehead atoms. The number of aryl methyl sites for hydroxylation is 1. The average molecular weight is 288 g/mol. The number of nitrogens with zero attached hydrogens (tertiary/aromatic N) is 2. The fraction of sp³-hybridized carbons (Fsp3) is 0.214. The summed E-state index contributed by atoms with van der Waals surface area (Å²) < 4.78 is 11.6. The van der Waals surface area contributed by atoms with Crippen molar-refractivity contribution < 1.29 is 24.2 Å². The van der Waals surface area contributed by atoms with Crippen LogP contribution in [0.5, 0.6) is 5.75 Å². The summed E-state index contributed by atoms with van der Waals surface area (Å²) in [6, 6.07) is 5.41. The van der Waals surface area contributed by atoms with Gasteiger partial charge < -0.3 is 14.6 Å². The Morgan fingerprint density at radius 2 is 2.19 bits per heavy atom. The number of hydrogen-bond donors (Lipinski definition) is 1. The number of esters is 1. The Balaban J connectivity index is 2.32. The summed E-state index contributed by atoms with van der Waals surface area (Å²) in [6.07, 6.45) is 0. The first-order valence-corrected chi connectivity index (χ1v) is 6.20. The highest BCUT2D eigenvalue weighted by Crippen LogP contribution is 2.33. The fourth-order valence-electron chi connectivity index (χ4n) is 2.33. The van der Waals surface area contributed by atoms with Crippen molar-refractivity contribution in [2.45, 2.75) is 13.5 Å². The molecule has 0 spiro atoms. The second kappa shape index (κ2) is 4.62. The van der Waals surface area contributed by atoms with Crippen molar-refractivity contribution >= 4 is 11.9 Å². The van der Waals surface area contributed by atoms with Crippen molar-refractivity contribution in [3.63, 3.8) is 0 Å². The van der Waals surface area contributed by atoms with E-state index in [1.54, 1.807) is 12.1 Å². The maximum atomic E-state index is 11.7. The minimum atomic E-state index is -1.25. The third kappa shape index (κ3) is 1.94. The molecule has 1 aliphatic rings. The normalized spacial score (nSPS) is 12.1. The highest BCUT2D eigenvalue weighted by molar-refractivity contribution is 6.00. The first-order valence-electron chi connectivity index (χ1n) is 6.20. The number of carboxylic acids is 1. The lowest BCUT2D eigenvalue weighted by Gasteiger charge is -2.20. The first kappa shape index (κ1) is 13.2. The van der Waals surface area contributed by atoms with Gasteiger partial charge in [-0.05, 0) is 24.6 Å². The second-order valence-electron chi connectivity index (χ2n) is 4.62. The number of fused-ring (bicyclic) bond motifs is 3. The molecule has 7 nitrogen and oxygen atoms in total. The van der Waals surface area contributed by atoms with Gasteiger partial charge >= 0.3 is 11.9 Å². The fourth-order valence-corrected chi connectivity index (χ4v) is 2.33. The zero-order valence-electron chi connectivity index (χ0n) is 11.4. The summed E-state index contributed by atoms with van der Waals surface area (Å²) in [5.41, 5.74) is 1.05. The number of methoxy groups -OCH3 is 1. The van der Waals surface area contributed by atoms with Gasteiger partial charge in [0, 0.05) is 0 Å². The molecule has 0 amide bonds. The van der Waals surface area contributed by atoms with Crippen LogP contribution in [0.3, 0.4) is 0 Å². The maximum absolute atomic E-state index is 11.7. The summed E-state index contributed by atoms with van der Waals surface area (Å²) in [4.78, 5) is 27.3. The number of aromatic carboxylic acids is 1. The van der Waals surface area contributed by atoms with E-state index in [9.17, 15) is 14.7 Å². The predicted molar refractivity (Wildman–Crippen MR) is 70.9 cm³/mol. The van der Waals surface area contributed by atoms with E-state index in [4.69, 9.17) is 4.74 Å². The minimum Gasteiger partial charge on any atom is -0.483 e. The molecule has 0 radical (unpaired) electrons. The SMILES string of the molecule is COC(=O)c1nc2n(c1C(=O)O)-c1cc(C)ccc1OC2. The summed E-state index contributed by atoms with van der Waals surface area (Å²) in [6.45, 7) is 1.97. The summed E-state index contributed by atoms with van der Waals surface area (Å²) in [5.74, 6) is -1.14.